The van der Waals surface area contributed by atoms with E-state index in [1.807, 2.05) is 0 Å². The first-order valence-electron chi connectivity index (χ1n) is 7.09. The molecule has 0 aliphatic carbocycles. The average molecular weight is 481 g/mol. The molecule has 1 aromatic rings. The Morgan fingerprint density at radius 3 is 1.86 bits per heavy atom. The van der Waals surface area contributed by atoms with E-state index in [-0.39, 0.29) is 24.8 Å². The number of hydrogen-bond acceptors (Lipinski definition) is 1. The summed E-state index contributed by atoms with van der Waals surface area (Å²) < 4.78 is 7.96. The fourth-order valence-corrected chi connectivity index (χ4v) is 3.40. The molecule has 0 bridgehead atoms. The summed E-state index contributed by atoms with van der Waals surface area (Å²) in [6.45, 7) is 3.01. The SMILES string of the molecule is C[NH+](C)CCCOc1c(Br)cc(CC[NH+](C)C)cc1Br.[Cl-].[Cl-]. The van der Waals surface area contributed by atoms with Crippen LogP contribution in [-0.2, 0) is 6.42 Å². The van der Waals surface area contributed by atoms with Gasteiger partial charge in [-0.15, -0.1) is 0 Å². The van der Waals surface area contributed by atoms with Gasteiger partial charge in [0.15, 0.2) is 0 Å². The lowest BCUT2D eigenvalue weighted by molar-refractivity contribution is -0.858. The molecule has 3 nitrogen and oxygen atoms in total. The van der Waals surface area contributed by atoms with Crippen molar-refractivity contribution in [3.8, 4) is 5.75 Å². The molecule has 22 heavy (non-hydrogen) atoms. The van der Waals surface area contributed by atoms with E-state index >= 15 is 0 Å². The lowest BCUT2D eigenvalue weighted by Crippen LogP contribution is -3.05. The maximum absolute atomic E-state index is 5.89. The van der Waals surface area contributed by atoms with E-state index in [0.29, 0.717) is 0 Å². The van der Waals surface area contributed by atoms with Crippen molar-refractivity contribution in [3.05, 3.63) is 26.6 Å². The Balaban J connectivity index is 0. The molecule has 7 heteroatoms. The van der Waals surface area contributed by atoms with Crippen molar-refractivity contribution in [2.75, 3.05) is 47.9 Å². The molecule has 0 fully saturated rings. The van der Waals surface area contributed by atoms with Crippen molar-refractivity contribution in [2.45, 2.75) is 12.8 Å². The van der Waals surface area contributed by atoms with Crippen LogP contribution in [0.4, 0.5) is 0 Å². The number of ether oxygens (including phenoxy) is 1. The molecule has 0 spiro atoms. The fraction of sp³-hybridized carbons (Fsp3) is 0.600. The number of benzene rings is 1. The van der Waals surface area contributed by atoms with Crippen LogP contribution in [0, 0.1) is 0 Å². The van der Waals surface area contributed by atoms with E-state index in [1.54, 1.807) is 0 Å². The Labute approximate surface area is 163 Å². The van der Waals surface area contributed by atoms with Crippen LogP contribution >= 0.6 is 31.9 Å². The van der Waals surface area contributed by atoms with Crippen LogP contribution in [-0.4, -0.2) is 47.9 Å². The molecule has 1 rings (SSSR count). The topological polar surface area (TPSA) is 18.1 Å². The van der Waals surface area contributed by atoms with Gasteiger partial charge in [-0.05, 0) is 49.6 Å². The highest BCUT2D eigenvalue weighted by Gasteiger charge is 2.10. The lowest BCUT2D eigenvalue weighted by atomic mass is 10.1. The minimum atomic E-state index is 0. The maximum Gasteiger partial charge on any atom is 0.147 e. The second kappa shape index (κ2) is 12.8. The Morgan fingerprint density at radius 2 is 1.41 bits per heavy atom. The molecule has 0 unspecified atom stereocenters. The zero-order valence-electron chi connectivity index (χ0n) is 13.6. The predicted molar refractivity (Wildman–Crippen MR) is 91.0 cm³/mol. The molecule has 2 N–H and O–H groups in total. The zero-order valence-corrected chi connectivity index (χ0v) is 18.3. The van der Waals surface area contributed by atoms with Crippen molar-refractivity contribution in [2.24, 2.45) is 0 Å². The van der Waals surface area contributed by atoms with E-state index < -0.39 is 0 Å². The monoisotopic (exact) mass is 478 g/mol. The predicted octanol–water partition coefficient (Wildman–Crippen LogP) is -5.18. The van der Waals surface area contributed by atoms with E-state index in [1.165, 1.54) is 15.4 Å². The zero-order chi connectivity index (χ0) is 15.1. The first kappa shape index (κ1) is 24.7. The molecule has 0 saturated heterocycles. The van der Waals surface area contributed by atoms with Crippen LogP contribution in [0.5, 0.6) is 5.75 Å². The Bertz CT molecular complexity index is 409. The van der Waals surface area contributed by atoms with Gasteiger partial charge in [-0.3, -0.25) is 0 Å². The molecule has 0 aliphatic heterocycles. The summed E-state index contributed by atoms with van der Waals surface area (Å²) in [5.41, 5.74) is 1.33. The third-order valence-corrected chi connectivity index (χ3v) is 4.22. The van der Waals surface area contributed by atoms with Crippen LogP contribution in [0.3, 0.4) is 0 Å². The summed E-state index contributed by atoms with van der Waals surface area (Å²) in [5.74, 6) is 0.916. The first-order chi connectivity index (χ1) is 9.40. The van der Waals surface area contributed by atoms with E-state index in [0.717, 1.165) is 47.2 Å². The third-order valence-electron chi connectivity index (χ3n) is 3.04. The minimum Gasteiger partial charge on any atom is -1.00 e. The normalized spacial score (nSPS) is 10.4. The highest BCUT2D eigenvalue weighted by Crippen LogP contribution is 2.34. The number of hydrogen-bond donors (Lipinski definition) is 2. The van der Waals surface area contributed by atoms with Crippen LogP contribution in [0.1, 0.15) is 12.0 Å². The molecule has 0 radical (unpaired) electrons. The minimum absolute atomic E-state index is 0. The molecule has 0 aromatic heterocycles. The Hall–Kier alpha value is 0.480. The maximum atomic E-state index is 5.89. The van der Waals surface area contributed by atoms with Gasteiger partial charge in [0.1, 0.15) is 5.75 Å². The van der Waals surface area contributed by atoms with Gasteiger partial charge in [0.05, 0.1) is 56.8 Å². The molecular formula is C15H26Br2Cl2N2O. The standard InChI is InChI=1S/C15H24Br2N2O.2ClH/c1-18(2)7-5-9-20-15-13(16)10-12(11-14(15)17)6-8-19(3)4;;/h10-11H,5-9H2,1-4H3;2*1H. The molecule has 0 amide bonds. The number of likely N-dealkylation sites (N-methyl/N-ethyl adjacent to an activating group) is 1. The number of quaternary nitrogens is 2. The van der Waals surface area contributed by atoms with E-state index in [9.17, 15) is 0 Å². The summed E-state index contributed by atoms with van der Waals surface area (Å²) in [7, 11) is 8.67. The largest absolute Gasteiger partial charge is 1.00 e. The van der Waals surface area contributed by atoms with Gasteiger partial charge < -0.3 is 39.4 Å². The van der Waals surface area contributed by atoms with Crippen molar-refractivity contribution in [1.29, 1.82) is 0 Å². The molecule has 130 valence electrons. The Kier molecular flexibility index (Phi) is 14.4. The second-order valence-electron chi connectivity index (χ2n) is 5.75. The van der Waals surface area contributed by atoms with Crippen LogP contribution < -0.4 is 39.4 Å². The smallest absolute Gasteiger partial charge is 0.147 e. The number of nitrogens with one attached hydrogen (secondary N) is 2. The highest BCUT2D eigenvalue weighted by molar-refractivity contribution is 9.11. The lowest BCUT2D eigenvalue weighted by Gasteiger charge is -2.13. The van der Waals surface area contributed by atoms with Crippen LogP contribution in [0.15, 0.2) is 21.1 Å². The van der Waals surface area contributed by atoms with Gasteiger partial charge in [-0.2, -0.15) is 0 Å². The van der Waals surface area contributed by atoms with Gasteiger partial charge in [-0.25, -0.2) is 0 Å². The van der Waals surface area contributed by atoms with E-state index in [4.69, 9.17) is 4.74 Å². The summed E-state index contributed by atoms with van der Waals surface area (Å²) in [6, 6.07) is 4.33. The molecule has 0 aliphatic rings. The third kappa shape index (κ3) is 9.58. The van der Waals surface area contributed by atoms with Crippen molar-refractivity contribution in [3.63, 3.8) is 0 Å². The summed E-state index contributed by atoms with van der Waals surface area (Å²) in [5, 5.41) is 0. The average Bonchev–Trinajstić information content (AvgIpc) is 2.34. The fourth-order valence-electron chi connectivity index (χ4n) is 1.89. The first-order valence-corrected chi connectivity index (χ1v) is 8.67. The van der Waals surface area contributed by atoms with Gasteiger partial charge >= 0.3 is 0 Å². The van der Waals surface area contributed by atoms with Gasteiger partial charge in [0.2, 0.25) is 0 Å². The quantitative estimate of drug-likeness (QED) is 0.356. The molecular weight excluding hydrogens is 455 g/mol. The van der Waals surface area contributed by atoms with Crippen molar-refractivity contribution >= 4 is 31.9 Å². The molecule has 0 atom stereocenters. The van der Waals surface area contributed by atoms with E-state index in [2.05, 4.69) is 72.2 Å². The number of halogens is 4. The van der Waals surface area contributed by atoms with Crippen LogP contribution in [0.25, 0.3) is 0 Å². The summed E-state index contributed by atoms with van der Waals surface area (Å²) in [4.78, 5) is 2.91. The molecule has 0 saturated carbocycles. The van der Waals surface area contributed by atoms with Gasteiger partial charge in [-0.1, -0.05) is 0 Å². The molecule has 0 heterocycles. The highest BCUT2D eigenvalue weighted by atomic mass is 79.9. The van der Waals surface area contributed by atoms with Gasteiger partial charge in [0.25, 0.3) is 0 Å². The Morgan fingerprint density at radius 1 is 0.909 bits per heavy atom. The molecule has 1 aromatic carbocycles. The van der Waals surface area contributed by atoms with Crippen LogP contribution in [0.2, 0.25) is 0 Å². The van der Waals surface area contributed by atoms with Crippen molar-refractivity contribution < 1.29 is 39.4 Å². The summed E-state index contributed by atoms with van der Waals surface area (Å²) in [6.07, 6.45) is 2.14. The second-order valence-corrected chi connectivity index (χ2v) is 7.46. The van der Waals surface area contributed by atoms with Crippen molar-refractivity contribution in [1.82, 2.24) is 0 Å². The summed E-state index contributed by atoms with van der Waals surface area (Å²) >= 11 is 7.24. The van der Waals surface area contributed by atoms with Gasteiger partial charge in [0, 0.05) is 12.8 Å². The number of rotatable bonds is 8.